The summed E-state index contributed by atoms with van der Waals surface area (Å²) in [6.07, 6.45) is 5.58. The fourth-order valence-corrected chi connectivity index (χ4v) is 3.94. The molecular formula is C18H18N4. The molecule has 2 atom stereocenters. The molecule has 0 amide bonds. The van der Waals surface area contributed by atoms with Gasteiger partial charge in [-0.3, -0.25) is 0 Å². The van der Waals surface area contributed by atoms with Crippen molar-refractivity contribution in [2.75, 3.05) is 0 Å². The standard InChI is InChI=1S/C18H18N4/c1-11-4-2-3-5-13(11)16-9-18-19-10-14-15-7-6-12(20-15)8-17(14)22(18)21-16/h2-5,9-10,12,15,20H,6-8H2,1H3/t12-,15-/m1/s1. The minimum atomic E-state index is 0.469. The monoisotopic (exact) mass is 290 g/mol. The quantitative estimate of drug-likeness (QED) is 0.749. The summed E-state index contributed by atoms with van der Waals surface area (Å²) in [5.41, 5.74) is 7.10. The van der Waals surface area contributed by atoms with E-state index in [0.717, 1.165) is 17.8 Å². The highest BCUT2D eigenvalue weighted by Crippen LogP contribution is 2.36. The van der Waals surface area contributed by atoms with Crippen molar-refractivity contribution in [1.82, 2.24) is 19.9 Å². The third kappa shape index (κ3) is 1.67. The van der Waals surface area contributed by atoms with Gasteiger partial charge >= 0.3 is 0 Å². The van der Waals surface area contributed by atoms with Crippen LogP contribution in [0.25, 0.3) is 16.9 Å². The summed E-state index contributed by atoms with van der Waals surface area (Å²) in [4.78, 5) is 4.65. The van der Waals surface area contributed by atoms with Crippen LogP contribution in [-0.2, 0) is 6.42 Å². The van der Waals surface area contributed by atoms with Gasteiger partial charge in [-0.2, -0.15) is 5.10 Å². The van der Waals surface area contributed by atoms with Gasteiger partial charge in [0.1, 0.15) is 0 Å². The first-order chi connectivity index (χ1) is 10.8. The number of hydrogen-bond acceptors (Lipinski definition) is 3. The smallest absolute Gasteiger partial charge is 0.155 e. The Balaban J connectivity index is 1.72. The molecule has 0 saturated carbocycles. The zero-order valence-electron chi connectivity index (χ0n) is 12.6. The molecule has 2 bridgehead atoms. The number of benzene rings is 1. The Kier molecular flexibility index (Phi) is 2.47. The molecule has 0 spiro atoms. The maximum Gasteiger partial charge on any atom is 0.155 e. The fraction of sp³-hybridized carbons (Fsp3) is 0.333. The van der Waals surface area contributed by atoms with E-state index in [1.807, 2.05) is 6.20 Å². The largest absolute Gasteiger partial charge is 0.307 e. The Labute approximate surface area is 129 Å². The van der Waals surface area contributed by atoms with Crippen LogP contribution < -0.4 is 5.32 Å². The Bertz CT molecular complexity index is 880. The molecule has 2 aliphatic heterocycles. The first-order valence-corrected chi connectivity index (χ1v) is 7.99. The Hall–Kier alpha value is -2.20. The Morgan fingerprint density at radius 3 is 3.05 bits per heavy atom. The van der Waals surface area contributed by atoms with Gasteiger partial charge in [-0.15, -0.1) is 0 Å². The van der Waals surface area contributed by atoms with E-state index in [1.165, 1.54) is 35.2 Å². The fourth-order valence-electron chi connectivity index (χ4n) is 3.94. The van der Waals surface area contributed by atoms with E-state index in [4.69, 9.17) is 5.10 Å². The number of hydrogen-bond donors (Lipinski definition) is 1. The van der Waals surface area contributed by atoms with E-state index in [1.54, 1.807) is 0 Å². The summed E-state index contributed by atoms with van der Waals surface area (Å²) in [5, 5.41) is 8.56. The number of nitrogens with zero attached hydrogens (tertiary/aromatic N) is 3. The molecule has 0 unspecified atom stereocenters. The lowest BCUT2D eigenvalue weighted by molar-refractivity contribution is 0.496. The van der Waals surface area contributed by atoms with Gasteiger partial charge in [0.2, 0.25) is 0 Å². The SMILES string of the molecule is Cc1ccccc1-c1cc2ncc3c(n2n1)C[C@H]1CC[C@H]3N1. The lowest BCUT2D eigenvalue weighted by Gasteiger charge is -2.24. The molecule has 1 fully saturated rings. The summed E-state index contributed by atoms with van der Waals surface area (Å²) in [7, 11) is 0. The van der Waals surface area contributed by atoms with Crippen molar-refractivity contribution in [2.45, 2.75) is 38.3 Å². The first-order valence-electron chi connectivity index (χ1n) is 7.99. The molecule has 0 radical (unpaired) electrons. The van der Waals surface area contributed by atoms with Crippen LogP contribution in [0.4, 0.5) is 0 Å². The topological polar surface area (TPSA) is 42.2 Å². The summed E-state index contributed by atoms with van der Waals surface area (Å²) >= 11 is 0. The lowest BCUT2D eigenvalue weighted by atomic mass is 10.0. The molecule has 4 nitrogen and oxygen atoms in total. The van der Waals surface area contributed by atoms with Gasteiger partial charge in [-0.1, -0.05) is 24.3 Å². The summed E-state index contributed by atoms with van der Waals surface area (Å²) < 4.78 is 2.07. The van der Waals surface area contributed by atoms with Crippen molar-refractivity contribution in [3.63, 3.8) is 0 Å². The van der Waals surface area contributed by atoms with Crippen molar-refractivity contribution < 1.29 is 0 Å². The van der Waals surface area contributed by atoms with Crippen LogP contribution in [0.1, 0.15) is 35.7 Å². The minimum Gasteiger partial charge on any atom is -0.307 e. The highest BCUT2D eigenvalue weighted by Gasteiger charge is 2.34. The van der Waals surface area contributed by atoms with Gasteiger partial charge in [0.05, 0.1) is 11.4 Å². The van der Waals surface area contributed by atoms with Crippen LogP contribution >= 0.6 is 0 Å². The maximum atomic E-state index is 4.88. The lowest BCUT2D eigenvalue weighted by Crippen LogP contribution is -2.33. The molecular weight excluding hydrogens is 272 g/mol. The van der Waals surface area contributed by atoms with E-state index < -0.39 is 0 Å². The number of nitrogens with one attached hydrogen (secondary N) is 1. The van der Waals surface area contributed by atoms with E-state index in [-0.39, 0.29) is 0 Å². The molecule has 4 heterocycles. The molecule has 110 valence electrons. The molecule has 1 saturated heterocycles. The van der Waals surface area contributed by atoms with E-state index in [9.17, 15) is 0 Å². The van der Waals surface area contributed by atoms with Crippen LogP contribution in [0, 0.1) is 6.92 Å². The molecule has 0 aliphatic carbocycles. The van der Waals surface area contributed by atoms with Crippen molar-refractivity contribution in [3.05, 3.63) is 53.3 Å². The third-order valence-electron chi connectivity index (χ3n) is 5.09. The minimum absolute atomic E-state index is 0.469. The van der Waals surface area contributed by atoms with E-state index in [0.29, 0.717) is 12.1 Å². The van der Waals surface area contributed by atoms with Crippen LogP contribution in [0.2, 0.25) is 0 Å². The Morgan fingerprint density at radius 2 is 2.14 bits per heavy atom. The summed E-state index contributed by atoms with van der Waals surface area (Å²) in [6.45, 7) is 2.13. The van der Waals surface area contributed by atoms with Gasteiger partial charge < -0.3 is 5.32 Å². The summed E-state index contributed by atoms with van der Waals surface area (Å²) in [6, 6.07) is 11.6. The number of aromatic nitrogens is 3. The van der Waals surface area contributed by atoms with Crippen molar-refractivity contribution >= 4 is 5.65 Å². The second-order valence-electron chi connectivity index (χ2n) is 6.47. The molecule has 3 aromatic rings. The second-order valence-corrected chi connectivity index (χ2v) is 6.47. The van der Waals surface area contributed by atoms with Gasteiger partial charge in [0.25, 0.3) is 0 Å². The van der Waals surface area contributed by atoms with Crippen LogP contribution in [-0.4, -0.2) is 20.6 Å². The highest BCUT2D eigenvalue weighted by molar-refractivity contribution is 5.67. The molecule has 22 heavy (non-hydrogen) atoms. The predicted molar refractivity (Wildman–Crippen MR) is 85.8 cm³/mol. The van der Waals surface area contributed by atoms with Gasteiger partial charge in [0.15, 0.2) is 5.65 Å². The number of rotatable bonds is 1. The number of fused-ring (bicyclic) bond motifs is 6. The molecule has 1 N–H and O–H groups in total. The second kappa shape index (κ2) is 4.40. The molecule has 2 aromatic heterocycles. The maximum absolute atomic E-state index is 4.88. The van der Waals surface area contributed by atoms with Crippen LogP contribution in [0.15, 0.2) is 36.5 Å². The zero-order chi connectivity index (χ0) is 14.7. The molecule has 2 aliphatic rings. The number of aryl methyl sites for hydroxylation is 1. The van der Waals surface area contributed by atoms with Crippen LogP contribution in [0.3, 0.4) is 0 Å². The molecule has 1 aromatic carbocycles. The van der Waals surface area contributed by atoms with Crippen molar-refractivity contribution in [3.8, 4) is 11.3 Å². The molecule has 5 rings (SSSR count). The first kappa shape index (κ1) is 12.4. The van der Waals surface area contributed by atoms with Gasteiger partial charge in [-0.25, -0.2) is 9.50 Å². The van der Waals surface area contributed by atoms with Crippen molar-refractivity contribution in [2.24, 2.45) is 0 Å². The third-order valence-corrected chi connectivity index (χ3v) is 5.09. The normalized spacial score (nSPS) is 23.0. The van der Waals surface area contributed by atoms with Gasteiger partial charge in [-0.05, 0) is 25.3 Å². The van der Waals surface area contributed by atoms with Crippen molar-refractivity contribution in [1.29, 1.82) is 0 Å². The van der Waals surface area contributed by atoms with Crippen LogP contribution in [0.5, 0.6) is 0 Å². The average Bonchev–Trinajstić information content (AvgIpc) is 3.12. The van der Waals surface area contributed by atoms with E-state index in [2.05, 4.69) is 52.1 Å². The Morgan fingerprint density at radius 1 is 1.23 bits per heavy atom. The predicted octanol–water partition coefficient (Wildman–Crippen LogP) is 3.05. The summed E-state index contributed by atoms with van der Waals surface area (Å²) in [5.74, 6) is 0. The highest BCUT2D eigenvalue weighted by atomic mass is 15.3. The van der Waals surface area contributed by atoms with Gasteiger partial charge in [0, 0.05) is 41.9 Å². The van der Waals surface area contributed by atoms with E-state index >= 15 is 0 Å². The average molecular weight is 290 g/mol. The zero-order valence-corrected chi connectivity index (χ0v) is 12.6. The molecule has 4 heteroatoms.